The summed E-state index contributed by atoms with van der Waals surface area (Å²) in [5.41, 5.74) is 0.831. The fourth-order valence-corrected chi connectivity index (χ4v) is 4.68. The Labute approximate surface area is 206 Å². The molecule has 192 valence electrons. The number of carboxylic acids is 1. The molecule has 1 unspecified atom stereocenters. The number of nitrogens with zero attached hydrogens (tertiary/aromatic N) is 4. The van der Waals surface area contributed by atoms with E-state index in [1.165, 1.54) is 22.1 Å². The molecule has 0 bridgehead atoms. The first-order valence-corrected chi connectivity index (χ1v) is 11.2. The van der Waals surface area contributed by atoms with Gasteiger partial charge in [-0.05, 0) is 17.7 Å². The van der Waals surface area contributed by atoms with Gasteiger partial charge in [-0.2, -0.15) is 5.10 Å². The van der Waals surface area contributed by atoms with Crippen LogP contribution in [0.15, 0.2) is 36.5 Å². The number of aromatic carboxylic acids is 1. The number of hydrogen-bond acceptors (Lipinski definition) is 4. The van der Waals surface area contributed by atoms with Crippen molar-refractivity contribution >= 4 is 29.3 Å². The van der Waals surface area contributed by atoms with Crippen molar-refractivity contribution in [2.45, 2.75) is 25.4 Å². The Hall–Kier alpha value is -4.42. The molecule has 2 aromatic carbocycles. The van der Waals surface area contributed by atoms with Crippen LogP contribution in [0.5, 0.6) is 0 Å². The summed E-state index contributed by atoms with van der Waals surface area (Å²) in [5, 5.41) is 16.1. The molecule has 37 heavy (non-hydrogen) atoms. The SMILES string of the molecule is O=C(O)c1cc(F)ccc1C1CC(=O)N(c2cnn3c2CN(C(=O)Nc2cc(F)c(F)c(F)c2)CC3)C1. The number of halogens is 4. The zero-order valence-electron chi connectivity index (χ0n) is 19.0. The van der Waals surface area contributed by atoms with E-state index in [1.807, 2.05) is 0 Å². The lowest BCUT2D eigenvalue weighted by atomic mass is 9.93. The summed E-state index contributed by atoms with van der Waals surface area (Å²) >= 11 is 0. The van der Waals surface area contributed by atoms with Gasteiger partial charge in [0.15, 0.2) is 17.5 Å². The summed E-state index contributed by atoms with van der Waals surface area (Å²) in [6.45, 7) is 0.629. The van der Waals surface area contributed by atoms with Gasteiger partial charge in [0, 0.05) is 43.2 Å². The van der Waals surface area contributed by atoms with Crippen molar-refractivity contribution in [1.82, 2.24) is 14.7 Å². The second kappa shape index (κ2) is 9.22. The number of rotatable bonds is 4. The van der Waals surface area contributed by atoms with E-state index in [9.17, 15) is 37.1 Å². The first kappa shape index (κ1) is 24.3. The molecule has 3 aromatic rings. The van der Waals surface area contributed by atoms with Crippen molar-refractivity contribution in [2.24, 2.45) is 0 Å². The number of amides is 3. The zero-order valence-corrected chi connectivity index (χ0v) is 19.0. The molecule has 2 N–H and O–H groups in total. The van der Waals surface area contributed by atoms with Crippen molar-refractivity contribution in [2.75, 3.05) is 23.3 Å². The number of benzene rings is 2. The van der Waals surface area contributed by atoms with Crippen LogP contribution in [0, 0.1) is 23.3 Å². The molecule has 0 aliphatic carbocycles. The van der Waals surface area contributed by atoms with Crippen LogP contribution < -0.4 is 10.2 Å². The molecule has 0 spiro atoms. The van der Waals surface area contributed by atoms with E-state index >= 15 is 0 Å². The topological polar surface area (TPSA) is 108 Å². The Morgan fingerprint density at radius 2 is 1.78 bits per heavy atom. The molecule has 1 aromatic heterocycles. The highest BCUT2D eigenvalue weighted by atomic mass is 19.2. The molecular weight excluding hydrogens is 498 g/mol. The summed E-state index contributed by atoms with van der Waals surface area (Å²) < 4.78 is 55.5. The largest absolute Gasteiger partial charge is 0.478 e. The van der Waals surface area contributed by atoms with Crippen molar-refractivity contribution in [1.29, 1.82) is 0 Å². The maximum atomic E-state index is 13.6. The van der Waals surface area contributed by atoms with E-state index < -0.39 is 41.2 Å². The summed E-state index contributed by atoms with van der Waals surface area (Å²) in [4.78, 5) is 40.1. The third-order valence-electron chi connectivity index (χ3n) is 6.47. The smallest absolute Gasteiger partial charge is 0.336 e. The van der Waals surface area contributed by atoms with Gasteiger partial charge in [0.1, 0.15) is 5.82 Å². The lowest BCUT2D eigenvalue weighted by molar-refractivity contribution is -0.117. The monoisotopic (exact) mass is 517 g/mol. The summed E-state index contributed by atoms with van der Waals surface area (Å²) in [6.07, 6.45) is 1.48. The van der Waals surface area contributed by atoms with Gasteiger partial charge >= 0.3 is 12.0 Å². The number of hydrogen-bond donors (Lipinski definition) is 2. The predicted molar refractivity (Wildman–Crippen MR) is 121 cm³/mol. The highest BCUT2D eigenvalue weighted by molar-refractivity contribution is 5.98. The van der Waals surface area contributed by atoms with Gasteiger partial charge in [0.2, 0.25) is 5.91 Å². The Bertz CT molecular complexity index is 1420. The molecular formula is C24H19F4N5O4. The van der Waals surface area contributed by atoms with E-state index in [1.54, 1.807) is 4.68 Å². The van der Waals surface area contributed by atoms with E-state index in [0.717, 1.165) is 12.1 Å². The first-order valence-electron chi connectivity index (χ1n) is 11.2. The summed E-state index contributed by atoms with van der Waals surface area (Å²) in [6, 6.07) is 4.07. The fourth-order valence-electron chi connectivity index (χ4n) is 4.68. The fraction of sp³-hybridized carbons (Fsp3) is 0.250. The molecule has 3 amide bonds. The molecule has 1 atom stereocenters. The standard InChI is InChI=1S/C24H19F4N5O4/c25-13-1-2-15(16(6-13)23(35)36)12-5-21(34)32(10-12)19-9-29-33-4-3-31(11-20(19)33)24(37)30-14-7-17(26)22(28)18(27)8-14/h1-2,6-9,12H,3-5,10-11H2,(H,30,37)(H,35,36). The number of nitrogens with one attached hydrogen (secondary N) is 1. The van der Waals surface area contributed by atoms with Crippen LogP contribution in [-0.4, -0.2) is 50.8 Å². The number of fused-ring (bicyclic) bond motifs is 1. The van der Waals surface area contributed by atoms with Gasteiger partial charge in [-0.1, -0.05) is 6.07 Å². The first-order chi connectivity index (χ1) is 17.6. The average Bonchev–Trinajstić information content (AvgIpc) is 3.44. The van der Waals surface area contributed by atoms with Gasteiger partial charge in [0.05, 0.1) is 36.2 Å². The number of aromatic nitrogens is 2. The van der Waals surface area contributed by atoms with E-state index in [-0.39, 0.29) is 49.8 Å². The highest BCUT2D eigenvalue weighted by Gasteiger charge is 2.37. The maximum Gasteiger partial charge on any atom is 0.336 e. The number of carboxylic acid groups (broad SMARTS) is 1. The van der Waals surface area contributed by atoms with Crippen LogP contribution in [0.1, 0.15) is 34.0 Å². The summed E-state index contributed by atoms with van der Waals surface area (Å²) in [7, 11) is 0. The highest BCUT2D eigenvalue weighted by Crippen LogP contribution is 2.36. The molecule has 0 saturated carbocycles. The van der Waals surface area contributed by atoms with E-state index in [4.69, 9.17) is 0 Å². The molecule has 0 radical (unpaired) electrons. The minimum absolute atomic E-state index is 0.00241. The van der Waals surface area contributed by atoms with Crippen LogP contribution in [0.4, 0.5) is 33.7 Å². The van der Waals surface area contributed by atoms with Crippen LogP contribution in [0.25, 0.3) is 0 Å². The molecule has 2 aliphatic heterocycles. The molecule has 1 saturated heterocycles. The van der Waals surface area contributed by atoms with Crippen molar-refractivity contribution < 1.29 is 37.1 Å². The van der Waals surface area contributed by atoms with Gasteiger partial charge in [-0.15, -0.1) is 0 Å². The lowest BCUT2D eigenvalue weighted by Crippen LogP contribution is -2.41. The van der Waals surface area contributed by atoms with Crippen molar-refractivity contribution in [3.05, 3.63) is 76.6 Å². The Morgan fingerprint density at radius 3 is 2.49 bits per heavy atom. The zero-order chi connectivity index (χ0) is 26.4. The van der Waals surface area contributed by atoms with Crippen LogP contribution in [0.3, 0.4) is 0 Å². The maximum absolute atomic E-state index is 13.6. The second-order valence-corrected chi connectivity index (χ2v) is 8.75. The molecule has 5 rings (SSSR count). The number of anilines is 2. The van der Waals surface area contributed by atoms with E-state index in [2.05, 4.69) is 10.4 Å². The lowest BCUT2D eigenvalue weighted by Gasteiger charge is -2.29. The third kappa shape index (κ3) is 4.47. The average molecular weight is 517 g/mol. The number of carbonyl (C=O) groups is 3. The Kier molecular flexibility index (Phi) is 6.05. The molecule has 13 heteroatoms. The Balaban J connectivity index is 1.35. The van der Waals surface area contributed by atoms with E-state index in [0.29, 0.717) is 29.1 Å². The normalized spacial score (nSPS) is 17.2. The predicted octanol–water partition coefficient (Wildman–Crippen LogP) is 3.71. The van der Waals surface area contributed by atoms with Gasteiger partial charge in [-0.25, -0.2) is 27.2 Å². The number of carbonyl (C=O) groups excluding carboxylic acids is 2. The molecule has 1 fully saturated rings. The molecule has 9 nitrogen and oxygen atoms in total. The van der Waals surface area contributed by atoms with Crippen molar-refractivity contribution in [3.8, 4) is 0 Å². The summed E-state index contributed by atoms with van der Waals surface area (Å²) in [5.74, 6) is -7.31. The van der Waals surface area contributed by atoms with Gasteiger partial charge < -0.3 is 20.2 Å². The van der Waals surface area contributed by atoms with Crippen LogP contribution in [0.2, 0.25) is 0 Å². The molecule has 2 aliphatic rings. The quantitative estimate of drug-likeness (QED) is 0.405. The minimum Gasteiger partial charge on any atom is -0.478 e. The third-order valence-corrected chi connectivity index (χ3v) is 6.47. The van der Waals surface area contributed by atoms with Crippen LogP contribution >= 0.6 is 0 Å². The molecule has 3 heterocycles. The second-order valence-electron chi connectivity index (χ2n) is 8.75. The van der Waals surface area contributed by atoms with Crippen LogP contribution in [-0.2, 0) is 17.9 Å². The van der Waals surface area contributed by atoms with Gasteiger partial charge in [-0.3, -0.25) is 9.48 Å². The van der Waals surface area contributed by atoms with Gasteiger partial charge in [0.25, 0.3) is 0 Å². The number of urea groups is 1. The Morgan fingerprint density at radius 1 is 1.05 bits per heavy atom. The minimum atomic E-state index is -1.64. The van der Waals surface area contributed by atoms with Crippen molar-refractivity contribution in [3.63, 3.8) is 0 Å².